The van der Waals surface area contributed by atoms with Crippen LogP contribution in [0.3, 0.4) is 0 Å². The Morgan fingerprint density at radius 2 is 1.79 bits per heavy atom. The summed E-state index contributed by atoms with van der Waals surface area (Å²) in [5, 5.41) is 18.6. The SMILES string of the molecule is O=C(O)N1CSCC1C(=O)N1CCCC1C(O)C(F)(F)C(F)(F)F. The molecule has 2 rings (SSSR count). The number of carbonyl (C=O) groups excluding carboxylic acids is 1. The lowest BCUT2D eigenvalue weighted by Crippen LogP contribution is -2.59. The van der Waals surface area contributed by atoms with E-state index in [1.54, 1.807) is 0 Å². The minimum atomic E-state index is -5.94. The van der Waals surface area contributed by atoms with Gasteiger partial charge in [-0.15, -0.1) is 11.8 Å². The minimum Gasteiger partial charge on any atom is -0.465 e. The van der Waals surface area contributed by atoms with Gasteiger partial charge in [-0.3, -0.25) is 9.69 Å². The zero-order valence-electron chi connectivity index (χ0n) is 12.2. The fourth-order valence-corrected chi connectivity index (χ4v) is 3.97. The third-order valence-electron chi connectivity index (χ3n) is 4.11. The monoisotopic (exact) mass is 378 g/mol. The zero-order valence-corrected chi connectivity index (χ0v) is 13.0. The molecule has 2 saturated heterocycles. The van der Waals surface area contributed by atoms with E-state index in [0.29, 0.717) is 0 Å². The normalized spacial score (nSPS) is 26.8. The number of hydrogen-bond donors (Lipinski definition) is 2. The van der Waals surface area contributed by atoms with Crippen molar-refractivity contribution in [3.8, 4) is 0 Å². The summed E-state index contributed by atoms with van der Waals surface area (Å²) in [4.78, 5) is 25.0. The summed E-state index contributed by atoms with van der Waals surface area (Å²) in [6, 6.07) is -2.87. The van der Waals surface area contributed by atoms with Crippen LogP contribution in [-0.2, 0) is 4.79 Å². The highest BCUT2D eigenvalue weighted by atomic mass is 32.2. The number of carboxylic acid groups (broad SMARTS) is 1. The van der Waals surface area contributed by atoms with Crippen molar-refractivity contribution in [2.24, 2.45) is 0 Å². The first-order chi connectivity index (χ1) is 11.0. The van der Waals surface area contributed by atoms with E-state index in [2.05, 4.69) is 0 Å². The summed E-state index contributed by atoms with van der Waals surface area (Å²) >= 11 is 1.13. The molecule has 3 atom stereocenters. The summed E-state index contributed by atoms with van der Waals surface area (Å²) in [6.45, 7) is -0.108. The van der Waals surface area contributed by atoms with Gasteiger partial charge in [0.15, 0.2) is 0 Å². The van der Waals surface area contributed by atoms with Crippen molar-refractivity contribution in [1.82, 2.24) is 9.80 Å². The molecule has 2 aliphatic rings. The first-order valence-electron chi connectivity index (χ1n) is 6.99. The number of carbonyl (C=O) groups is 2. The van der Waals surface area contributed by atoms with Crippen LogP contribution in [0, 0.1) is 0 Å². The number of aliphatic hydroxyl groups excluding tert-OH is 1. The maximum Gasteiger partial charge on any atom is 0.456 e. The van der Waals surface area contributed by atoms with Gasteiger partial charge in [-0.1, -0.05) is 0 Å². The second-order valence-electron chi connectivity index (χ2n) is 5.57. The van der Waals surface area contributed by atoms with Gasteiger partial charge in [0.1, 0.15) is 12.1 Å². The summed E-state index contributed by atoms with van der Waals surface area (Å²) in [6.07, 6.45) is -10.5. The summed E-state index contributed by atoms with van der Waals surface area (Å²) in [5.41, 5.74) is 0. The van der Waals surface area contributed by atoms with Gasteiger partial charge in [-0.2, -0.15) is 22.0 Å². The molecule has 138 valence electrons. The molecular formula is C12H15F5N2O4S. The lowest BCUT2D eigenvalue weighted by atomic mass is 10.0. The average molecular weight is 378 g/mol. The number of thioether (sulfide) groups is 1. The first kappa shape index (κ1) is 19.0. The van der Waals surface area contributed by atoms with Crippen molar-refractivity contribution < 1.29 is 41.8 Å². The van der Waals surface area contributed by atoms with Crippen molar-refractivity contribution in [1.29, 1.82) is 0 Å². The van der Waals surface area contributed by atoms with Crippen molar-refractivity contribution in [2.45, 2.75) is 43.1 Å². The van der Waals surface area contributed by atoms with Gasteiger partial charge < -0.3 is 15.1 Å². The third-order valence-corrected chi connectivity index (χ3v) is 5.12. The number of alkyl halides is 5. The number of aliphatic hydroxyl groups is 1. The van der Waals surface area contributed by atoms with Crippen LogP contribution < -0.4 is 0 Å². The Bertz CT molecular complexity index is 518. The lowest BCUT2D eigenvalue weighted by Gasteiger charge is -2.35. The van der Waals surface area contributed by atoms with Crippen LogP contribution in [0.15, 0.2) is 0 Å². The van der Waals surface area contributed by atoms with Crippen molar-refractivity contribution in [2.75, 3.05) is 18.2 Å². The van der Waals surface area contributed by atoms with E-state index in [-0.39, 0.29) is 31.0 Å². The molecule has 0 aromatic heterocycles. The molecule has 2 N–H and O–H groups in total. The number of hydrogen-bond acceptors (Lipinski definition) is 4. The Morgan fingerprint density at radius 1 is 1.17 bits per heavy atom. The molecule has 0 aromatic carbocycles. The van der Waals surface area contributed by atoms with Gasteiger partial charge >= 0.3 is 18.2 Å². The van der Waals surface area contributed by atoms with Crippen LogP contribution in [-0.4, -0.2) is 80.5 Å². The second kappa shape index (κ2) is 6.54. The van der Waals surface area contributed by atoms with Crippen LogP contribution >= 0.6 is 11.8 Å². The predicted molar refractivity (Wildman–Crippen MR) is 72.7 cm³/mol. The van der Waals surface area contributed by atoms with Crippen LogP contribution in [0.25, 0.3) is 0 Å². The molecule has 0 spiro atoms. The molecule has 3 unspecified atom stereocenters. The highest BCUT2D eigenvalue weighted by Crippen LogP contribution is 2.42. The maximum absolute atomic E-state index is 13.4. The first-order valence-corrected chi connectivity index (χ1v) is 8.14. The van der Waals surface area contributed by atoms with Crippen molar-refractivity contribution in [3.05, 3.63) is 0 Å². The quantitative estimate of drug-likeness (QED) is 0.729. The molecule has 0 aromatic rings. The molecule has 2 amide bonds. The molecule has 6 nitrogen and oxygen atoms in total. The fraction of sp³-hybridized carbons (Fsp3) is 0.833. The second-order valence-corrected chi connectivity index (χ2v) is 6.57. The molecule has 24 heavy (non-hydrogen) atoms. The Balaban J connectivity index is 2.18. The van der Waals surface area contributed by atoms with Crippen molar-refractivity contribution in [3.63, 3.8) is 0 Å². The van der Waals surface area contributed by atoms with E-state index in [9.17, 15) is 36.6 Å². The fourth-order valence-electron chi connectivity index (χ4n) is 2.83. The van der Waals surface area contributed by atoms with Gasteiger partial charge in [0.2, 0.25) is 5.91 Å². The summed E-state index contributed by atoms with van der Waals surface area (Å²) in [5.74, 6) is -6.13. The number of nitrogens with zero attached hydrogens (tertiary/aromatic N) is 2. The highest BCUT2D eigenvalue weighted by molar-refractivity contribution is 7.99. The van der Waals surface area contributed by atoms with Crippen molar-refractivity contribution >= 4 is 23.8 Å². The number of halogens is 5. The molecule has 0 aliphatic carbocycles. The molecule has 2 fully saturated rings. The third kappa shape index (κ3) is 3.25. The Morgan fingerprint density at radius 3 is 2.33 bits per heavy atom. The Hall–Kier alpha value is -1.30. The van der Waals surface area contributed by atoms with Crippen LogP contribution in [0.4, 0.5) is 26.7 Å². The van der Waals surface area contributed by atoms with Crippen LogP contribution in [0.1, 0.15) is 12.8 Å². The van der Waals surface area contributed by atoms with E-state index in [4.69, 9.17) is 5.11 Å². The molecule has 0 bridgehead atoms. The lowest BCUT2D eigenvalue weighted by molar-refractivity contribution is -0.318. The minimum absolute atomic E-state index is 0.00547. The van der Waals surface area contributed by atoms with E-state index in [1.807, 2.05) is 0 Å². The predicted octanol–water partition coefficient (Wildman–Crippen LogP) is 1.59. The number of likely N-dealkylation sites (tertiary alicyclic amines) is 1. The highest BCUT2D eigenvalue weighted by Gasteiger charge is 2.65. The standard InChI is InChI=1S/C12H15F5N2O4S/c13-11(14,12(15,16)17)8(20)6-2-1-3-18(6)9(21)7-4-24-5-19(7)10(22)23/h6-8,20H,1-5H2,(H,22,23). The average Bonchev–Trinajstić information content (AvgIpc) is 3.13. The van der Waals surface area contributed by atoms with E-state index in [0.717, 1.165) is 21.6 Å². The van der Waals surface area contributed by atoms with Gasteiger partial charge in [0.05, 0.1) is 11.9 Å². The topological polar surface area (TPSA) is 81.1 Å². The molecule has 0 radical (unpaired) electrons. The molecular weight excluding hydrogens is 363 g/mol. The smallest absolute Gasteiger partial charge is 0.456 e. The van der Waals surface area contributed by atoms with Gasteiger partial charge in [0, 0.05) is 12.3 Å². The maximum atomic E-state index is 13.4. The molecule has 12 heteroatoms. The Labute approximate surface area is 137 Å². The summed E-state index contributed by atoms with van der Waals surface area (Å²) in [7, 11) is 0. The molecule has 2 aliphatic heterocycles. The van der Waals surface area contributed by atoms with E-state index >= 15 is 0 Å². The van der Waals surface area contributed by atoms with Gasteiger partial charge in [0.25, 0.3) is 0 Å². The van der Waals surface area contributed by atoms with E-state index in [1.165, 1.54) is 0 Å². The van der Waals surface area contributed by atoms with Crippen LogP contribution in [0.5, 0.6) is 0 Å². The van der Waals surface area contributed by atoms with Gasteiger partial charge in [-0.25, -0.2) is 4.79 Å². The molecule has 0 saturated carbocycles. The Kier molecular flexibility index (Phi) is 5.19. The zero-order chi connectivity index (χ0) is 18.3. The molecule has 2 heterocycles. The largest absolute Gasteiger partial charge is 0.465 e. The number of rotatable bonds is 3. The van der Waals surface area contributed by atoms with E-state index < -0.39 is 42.3 Å². The summed E-state index contributed by atoms with van der Waals surface area (Å²) < 4.78 is 64.0. The van der Waals surface area contributed by atoms with Crippen LogP contribution in [0.2, 0.25) is 0 Å². The number of amides is 2. The van der Waals surface area contributed by atoms with Gasteiger partial charge in [-0.05, 0) is 12.8 Å².